The third-order valence-corrected chi connectivity index (χ3v) is 3.05. The van der Waals surface area contributed by atoms with Crippen LogP contribution >= 0.6 is 11.6 Å². The van der Waals surface area contributed by atoms with E-state index in [0.717, 1.165) is 12.0 Å². The minimum atomic E-state index is 0.0947. The highest BCUT2D eigenvalue weighted by Gasteiger charge is 2.23. The van der Waals surface area contributed by atoms with Gasteiger partial charge in [-0.2, -0.15) is 0 Å². The fourth-order valence-corrected chi connectivity index (χ4v) is 1.96. The molecule has 1 heterocycles. The lowest BCUT2D eigenvalue weighted by atomic mass is 10.1. The maximum Gasteiger partial charge on any atom is 0.142 e. The predicted octanol–water partition coefficient (Wildman–Crippen LogP) is 2.98. The summed E-state index contributed by atoms with van der Waals surface area (Å²) in [6, 6.07) is 9.11. The minimum Gasteiger partial charge on any atom is -0.506 e. The zero-order chi connectivity index (χ0) is 11.8. The van der Waals surface area contributed by atoms with Crippen LogP contribution in [0, 0.1) is 0 Å². The fraction of sp³-hybridized carbons (Fsp3) is 0.231. The van der Waals surface area contributed by atoms with Crippen LogP contribution in [-0.2, 0) is 4.74 Å². The summed E-state index contributed by atoms with van der Waals surface area (Å²) in [4.78, 5) is 0. The molecule has 0 bridgehead atoms. The number of hydrogen-bond acceptors (Lipinski definition) is 3. The van der Waals surface area contributed by atoms with Crippen LogP contribution < -0.4 is 4.74 Å². The second-order valence-corrected chi connectivity index (χ2v) is 4.42. The van der Waals surface area contributed by atoms with Gasteiger partial charge in [-0.15, -0.1) is 0 Å². The molecule has 1 atom stereocenters. The van der Waals surface area contributed by atoms with Gasteiger partial charge in [-0.25, -0.2) is 0 Å². The van der Waals surface area contributed by atoms with E-state index in [2.05, 4.69) is 0 Å². The topological polar surface area (TPSA) is 42.0 Å². The number of phenolic OH excluding ortho intramolecular Hbond substituents is 1. The number of rotatable bonds is 3. The lowest BCUT2D eigenvalue weighted by Gasteiger charge is -2.10. The van der Waals surface area contributed by atoms with Crippen molar-refractivity contribution in [1.29, 1.82) is 0 Å². The normalized spacial score (nSPS) is 18.3. The van der Waals surface area contributed by atoms with E-state index >= 15 is 0 Å². The monoisotopic (exact) mass is 250 g/mol. The van der Waals surface area contributed by atoms with E-state index in [1.165, 1.54) is 0 Å². The summed E-state index contributed by atoms with van der Waals surface area (Å²) in [5.74, 6) is 0.774. The second-order valence-electron chi connectivity index (χ2n) is 4.02. The number of ether oxygens (including phenoxy) is 2. The number of aromatic hydroxyl groups is 1. The highest BCUT2D eigenvalue weighted by molar-refractivity contribution is 6.33. The summed E-state index contributed by atoms with van der Waals surface area (Å²) < 4.78 is 10.7. The molecule has 0 saturated carbocycles. The first-order valence-electron chi connectivity index (χ1n) is 5.40. The average Bonchev–Trinajstić information content (AvgIpc) is 3.16. The van der Waals surface area contributed by atoms with E-state index in [1.54, 1.807) is 6.07 Å². The minimum absolute atomic E-state index is 0.0947. The van der Waals surface area contributed by atoms with E-state index < -0.39 is 0 Å². The lowest BCUT2D eigenvalue weighted by molar-refractivity contribution is 0.265. The maximum atomic E-state index is 9.86. The van der Waals surface area contributed by atoms with Crippen molar-refractivity contribution in [3.05, 3.63) is 35.4 Å². The molecule has 2 aromatic carbocycles. The Morgan fingerprint density at radius 3 is 2.76 bits per heavy atom. The van der Waals surface area contributed by atoms with E-state index in [9.17, 15) is 5.11 Å². The molecule has 3 nitrogen and oxygen atoms in total. The first-order chi connectivity index (χ1) is 8.25. The van der Waals surface area contributed by atoms with Gasteiger partial charge >= 0.3 is 0 Å². The number of hydrogen-bond donors (Lipinski definition) is 1. The molecule has 1 saturated heterocycles. The summed E-state index contributed by atoms with van der Waals surface area (Å²) in [6.45, 7) is 1.27. The molecule has 17 heavy (non-hydrogen) atoms. The molecule has 1 unspecified atom stereocenters. The maximum absolute atomic E-state index is 9.86. The van der Waals surface area contributed by atoms with Gasteiger partial charge in [0.05, 0.1) is 11.6 Å². The third kappa shape index (κ3) is 2.04. The number of phenols is 1. The molecule has 0 aliphatic carbocycles. The van der Waals surface area contributed by atoms with Crippen LogP contribution in [0.4, 0.5) is 0 Å². The molecular weight excluding hydrogens is 240 g/mol. The van der Waals surface area contributed by atoms with Crippen LogP contribution in [0.5, 0.6) is 11.5 Å². The third-order valence-electron chi connectivity index (χ3n) is 2.76. The number of benzene rings is 2. The standard InChI is InChI=1S/C13H11ClO3/c14-11-5-12(17-7-8-6-16-8)9-3-1-2-4-10(9)13(11)15/h1-5,8,15H,6-7H2. The molecular formula is C13H11ClO3. The van der Waals surface area contributed by atoms with Gasteiger partial charge in [0.2, 0.25) is 0 Å². The van der Waals surface area contributed by atoms with Crippen molar-refractivity contribution < 1.29 is 14.6 Å². The highest BCUT2D eigenvalue weighted by Crippen LogP contribution is 2.38. The molecule has 1 N–H and O–H groups in total. The summed E-state index contributed by atoms with van der Waals surface area (Å²) in [6.07, 6.45) is 0.196. The van der Waals surface area contributed by atoms with Gasteiger partial charge < -0.3 is 14.6 Å². The van der Waals surface area contributed by atoms with Gasteiger partial charge in [0.1, 0.15) is 24.2 Å². The second kappa shape index (κ2) is 4.09. The molecule has 88 valence electrons. The van der Waals surface area contributed by atoms with Crippen molar-refractivity contribution in [1.82, 2.24) is 0 Å². The van der Waals surface area contributed by atoms with E-state index in [0.29, 0.717) is 22.8 Å². The fourth-order valence-electron chi connectivity index (χ4n) is 1.76. The van der Waals surface area contributed by atoms with E-state index in [-0.39, 0.29) is 11.9 Å². The number of fused-ring (bicyclic) bond motifs is 1. The van der Waals surface area contributed by atoms with Gasteiger partial charge in [0.15, 0.2) is 0 Å². The molecule has 0 amide bonds. The Hall–Kier alpha value is -1.45. The SMILES string of the molecule is Oc1c(Cl)cc(OCC2CO2)c2ccccc12. The summed E-state index contributed by atoms with van der Waals surface area (Å²) in [5, 5.41) is 11.7. The Morgan fingerprint density at radius 2 is 2.06 bits per heavy atom. The van der Waals surface area contributed by atoms with Crippen molar-refractivity contribution >= 4 is 22.4 Å². The van der Waals surface area contributed by atoms with Crippen LogP contribution in [0.1, 0.15) is 0 Å². The number of halogens is 1. The Kier molecular flexibility index (Phi) is 2.57. The quantitative estimate of drug-likeness (QED) is 0.852. The van der Waals surface area contributed by atoms with Crippen LogP contribution in [-0.4, -0.2) is 24.4 Å². The van der Waals surface area contributed by atoms with Crippen LogP contribution in [0.2, 0.25) is 5.02 Å². The van der Waals surface area contributed by atoms with Gasteiger partial charge in [0, 0.05) is 16.8 Å². The first kappa shape index (κ1) is 10.7. The molecule has 1 aliphatic rings. The molecule has 2 aromatic rings. The molecule has 0 spiro atoms. The van der Waals surface area contributed by atoms with Crippen molar-refractivity contribution in [2.75, 3.05) is 13.2 Å². The Balaban J connectivity index is 2.05. The van der Waals surface area contributed by atoms with Gasteiger partial charge in [-0.05, 0) is 0 Å². The van der Waals surface area contributed by atoms with E-state index in [1.807, 2.05) is 24.3 Å². The Labute approximate surface area is 104 Å². The highest BCUT2D eigenvalue weighted by atomic mass is 35.5. The molecule has 0 radical (unpaired) electrons. The molecule has 1 aliphatic heterocycles. The van der Waals surface area contributed by atoms with Crippen LogP contribution in [0.25, 0.3) is 10.8 Å². The smallest absolute Gasteiger partial charge is 0.142 e. The van der Waals surface area contributed by atoms with Crippen molar-refractivity contribution in [3.8, 4) is 11.5 Å². The first-order valence-corrected chi connectivity index (χ1v) is 5.78. The van der Waals surface area contributed by atoms with Gasteiger partial charge in [-0.3, -0.25) is 0 Å². The lowest BCUT2D eigenvalue weighted by Crippen LogP contribution is -2.04. The Bertz CT molecular complexity index is 564. The van der Waals surface area contributed by atoms with E-state index in [4.69, 9.17) is 21.1 Å². The molecule has 0 aromatic heterocycles. The molecule has 1 fully saturated rings. The Morgan fingerprint density at radius 1 is 1.35 bits per heavy atom. The summed E-state index contributed by atoms with van der Waals surface area (Å²) in [7, 11) is 0. The average molecular weight is 251 g/mol. The molecule has 3 rings (SSSR count). The molecule has 4 heteroatoms. The predicted molar refractivity (Wildman–Crippen MR) is 65.9 cm³/mol. The summed E-state index contributed by atoms with van der Waals surface area (Å²) in [5.41, 5.74) is 0. The largest absolute Gasteiger partial charge is 0.506 e. The van der Waals surface area contributed by atoms with Crippen molar-refractivity contribution in [3.63, 3.8) is 0 Å². The zero-order valence-electron chi connectivity index (χ0n) is 9.02. The summed E-state index contributed by atoms with van der Waals surface area (Å²) >= 11 is 5.96. The van der Waals surface area contributed by atoms with Crippen molar-refractivity contribution in [2.24, 2.45) is 0 Å². The number of epoxide rings is 1. The van der Waals surface area contributed by atoms with Crippen molar-refractivity contribution in [2.45, 2.75) is 6.10 Å². The van der Waals surface area contributed by atoms with Gasteiger partial charge in [0.25, 0.3) is 0 Å². The van der Waals surface area contributed by atoms with Crippen LogP contribution in [0.3, 0.4) is 0 Å². The van der Waals surface area contributed by atoms with Gasteiger partial charge in [-0.1, -0.05) is 35.9 Å². The van der Waals surface area contributed by atoms with Crippen LogP contribution in [0.15, 0.2) is 30.3 Å². The zero-order valence-corrected chi connectivity index (χ0v) is 9.78.